The number of rotatable bonds is 1. The monoisotopic (exact) mass is 220 g/mol. The molecule has 4 heteroatoms. The Morgan fingerprint density at radius 3 is 3.19 bits per heavy atom. The fraction of sp³-hybridized carbons (Fsp3) is 0.750. The summed E-state index contributed by atoms with van der Waals surface area (Å²) in [6.45, 7) is 4.49. The number of likely N-dealkylation sites (N-methyl/N-ethyl adjacent to an activating group) is 1. The molecule has 1 unspecified atom stereocenters. The summed E-state index contributed by atoms with van der Waals surface area (Å²) in [7, 11) is 2.19. The highest BCUT2D eigenvalue weighted by Crippen LogP contribution is 2.28. The quantitative estimate of drug-likeness (QED) is 0.738. The average Bonchev–Trinajstić information content (AvgIpc) is 2.73. The third-order valence-corrected chi connectivity index (χ3v) is 3.84. The molecule has 1 aromatic heterocycles. The Hall–Kier alpha value is -0.870. The minimum absolute atomic E-state index is 0.625. The molecule has 3 heterocycles. The van der Waals surface area contributed by atoms with Gasteiger partial charge < -0.3 is 10.2 Å². The second kappa shape index (κ2) is 4.18. The van der Waals surface area contributed by atoms with Crippen molar-refractivity contribution >= 4 is 0 Å². The highest BCUT2D eigenvalue weighted by Gasteiger charge is 2.25. The van der Waals surface area contributed by atoms with Gasteiger partial charge in [0.2, 0.25) is 0 Å². The summed E-state index contributed by atoms with van der Waals surface area (Å²) in [5.74, 6) is 0.625. The number of hydrogen-bond donors (Lipinski definition) is 2. The van der Waals surface area contributed by atoms with Crippen molar-refractivity contribution in [1.82, 2.24) is 20.4 Å². The van der Waals surface area contributed by atoms with Gasteiger partial charge in [-0.1, -0.05) is 0 Å². The van der Waals surface area contributed by atoms with Gasteiger partial charge >= 0.3 is 0 Å². The van der Waals surface area contributed by atoms with Crippen molar-refractivity contribution in [2.24, 2.45) is 0 Å². The molecule has 0 saturated carbocycles. The van der Waals surface area contributed by atoms with Crippen molar-refractivity contribution in [2.45, 2.75) is 31.7 Å². The van der Waals surface area contributed by atoms with Crippen LogP contribution in [-0.4, -0.2) is 41.8 Å². The van der Waals surface area contributed by atoms with Crippen molar-refractivity contribution in [2.75, 3.05) is 26.7 Å². The smallest absolute Gasteiger partial charge is 0.0713 e. The summed E-state index contributed by atoms with van der Waals surface area (Å²) >= 11 is 0. The molecular weight excluding hydrogens is 200 g/mol. The molecule has 0 radical (unpaired) electrons. The molecule has 0 spiro atoms. The molecule has 2 aliphatic rings. The van der Waals surface area contributed by atoms with E-state index < -0.39 is 0 Å². The topological polar surface area (TPSA) is 44.0 Å². The predicted octanol–water partition coefficient (Wildman–Crippen LogP) is 0.865. The number of piperidine rings is 1. The van der Waals surface area contributed by atoms with Crippen molar-refractivity contribution in [1.29, 1.82) is 0 Å². The summed E-state index contributed by atoms with van der Waals surface area (Å²) in [6, 6.07) is 0. The van der Waals surface area contributed by atoms with Crippen LogP contribution in [-0.2, 0) is 13.0 Å². The van der Waals surface area contributed by atoms with Gasteiger partial charge in [-0.2, -0.15) is 5.10 Å². The van der Waals surface area contributed by atoms with E-state index in [1.54, 1.807) is 0 Å². The lowest BCUT2D eigenvalue weighted by Gasteiger charge is -2.26. The van der Waals surface area contributed by atoms with Gasteiger partial charge in [-0.15, -0.1) is 0 Å². The Morgan fingerprint density at radius 2 is 2.38 bits per heavy atom. The Labute approximate surface area is 96.4 Å². The van der Waals surface area contributed by atoms with Crippen LogP contribution in [0.15, 0.2) is 0 Å². The van der Waals surface area contributed by atoms with Crippen molar-refractivity contribution < 1.29 is 0 Å². The molecule has 0 amide bonds. The standard InChI is InChI=1S/C12H20N4/c1-16-6-4-11-10(8-16)12(15-14-11)9-3-2-5-13-7-9/h9,13H,2-8H2,1H3,(H,14,15). The number of nitrogens with zero attached hydrogens (tertiary/aromatic N) is 2. The highest BCUT2D eigenvalue weighted by atomic mass is 15.2. The average molecular weight is 220 g/mol. The SMILES string of the molecule is CN1CCc2[nH]nc(C3CCCNC3)c2C1. The van der Waals surface area contributed by atoms with E-state index in [1.165, 1.54) is 36.3 Å². The number of hydrogen-bond acceptors (Lipinski definition) is 3. The summed E-state index contributed by atoms with van der Waals surface area (Å²) in [5, 5.41) is 11.3. The van der Waals surface area contributed by atoms with Crippen LogP contribution in [0.5, 0.6) is 0 Å². The first-order valence-corrected chi connectivity index (χ1v) is 6.30. The van der Waals surface area contributed by atoms with Gasteiger partial charge in [0.15, 0.2) is 0 Å². The number of fused-ring (bicyclic) bond motifs is 1. The van der Waals surface area contributed by atoms with E-state index in [1.807, 2.05) is 0 Å². The van der Waals surface area contributed by atoms with Crippen LogP contribution in [0, 0.1) is 0 Å². The van der Waals surface area contributed by atoms with Gasteiger partial charge in [-0.3, -0.25) is 5.10 Å². The van der Waals surface area contributed by atoms with Gasteiger partial charge in [0, 0.05) is 43.2 Å². The van der Waals surface area contributed by atoms with Crippen molar-refractivity contribution in [3.05, 3.63) is 17.0 Å². The summed E-state index contributed by atoms with van der Waals surface area (Å²) < 4.78 is 0. The maximum atomic E-state index is 4.56. The molecule has 4 nitrogen and oxygen atoms in total. The second-order valence-corrected chi connectivity index (χ2v) is 5.10. The minimum Gasteiger partial charge on any atom is -0.316 e. The predicted molar refractivity (Wildman–Crippen MR) is 63.5 cm³/mol. The molecule has 1 aromatic rings. The second-order valence-electron chi connectivity index (χ2n) is 5.10. The molecule has 2 aliphatic heterocycles. The van der Waals surface area contributed by atoms with Crippen LogP contribution < -0.4 is 5.32 Å². The van der Waals surface area contributed by atoms with Crippen LogP contribution in [0.4, 0.5) is 0 Å². The van der Waals surface area contributed by atoms with Crippen molar-refractivity contribution in [3.63, 3.8) is 0 Å². The molecule has 0 aliphatic carbocycles. The molecule has 3 rings (SSSR count). The molecule has 0 bridgehead atoms. The molecule has 1 fully saturated rings. The number of aromatic amines is 1. The van der Waals surface area contributed by atoms with Crippen LogP contribution in [0.1, 0.15) is 35.7 Å². The summed E-state index contributed by atoms with van der Waals surface area (Å²) in [5.41, 5.74) is 4.18. The lowest BCUT2D eigenvalue weighted by Crippen LogP contribution is -2.31. The fourth-order valence-corrected chi connectivity index (χ4v) is 2.88. The maximum Gasteiger partial charge on any atom is 0.0713 e. The number of nitrogens with one attached hydrogen (secondary N) is 2. The summed E-state index contributed by atoms with van der Waals surface area (Å²) in [6.07, 6.45) is 3.69. The first-order chi connectivity index (χ1) is 7.84. The zero-order valence-electron chi connectivity index (χ0n) is 9.92. The van der Waals surface area contributed by atoms with Crippen LogP contribution in [0.25, 0.3) is 0 Å². The number of aromatic nitrogens is 2. The third-order valence-electron chi connectivity index (χ3n) is 3.84. The van der Waals surface area contributed by atoms with E-state index in [9.17, 15) is 0 Å². The van der Waals surface area contributed by atoms with E-state index in [4.69, 9.17) is 0 Å². The maximum absolute atomic E-state index is 4.56. The fourth-order valence-electron chi connectivity index (χ4n) is 2.88. The van der Waals surface area contributed by atoms with E-state index >= 15 is 0 Å². The van der Waals surface area contributed by atoms with E-state index in [0.29, 0.717) is 5.92 Å². The highest BCUT2D eigenvalue weighted by molar-refractivity contribution is 5.30. The molecule has 0 aromatic carbocycles. The van der Waals surface area contributed by atoms with Crippen LogP contribution in [0.3, 0.4) is 0 Å². The first-order valence-electron chi connectivity index (χ1n) is 6.30. The van der Waals surface area contributed by atoms with E-state index in [2.05, 4.69) is 27.5 Å². The van der Waals surface area contributed by atoms with Gasteiger partial charge in [0.25, 0.3) is 0 Å². The van der Waals surface area contributed by atoms with E-state index in [-0.39, 0.29) is 0 Å². The zero-order valence-corrected chi connectivity index (χ0v) is 9.92. The summed E-state index contributed by atoms with van der Waals surface area (Å²) in [4.78, 5) is 2.39. The molecule has 2 N–H and O–H groups in total. The minimum atomic E-state index is 0.625. The van der Waals surface area contributed by atoms with E-state index in [0.717, 1.165) is 26.1 Å². The molecule has 88 valence electrons. The zero-order chi connectivity index (χ0) is 11.0. The van der Waals surface area contributed by atoms with Gasteiger partial charge in [-0.25, -0.2) is 0 Å². The number of H-pyrrole nitrogens is 1. The molecule has 16 heavy (non-hydrogen) atoms. The van der Waals surface area contributed by atoms with Gasteiger partial charge in [0.1, 0.15) is 0 Å². The molecular formula is C12H20N4. The Balaban J connectivity index is 1.86. The Morgan fingerprint density at radius 1 is 1.44 bits per heavy atom. The van der Waals surface area contributed by atoms with Crippen LogP contribution in [0.2, 0.25) is 0 Å². The molecule has 1 atom stereocenters. The van der Waals surface area contributed by atoms with Gasteiger partial charge in [0.05, 0.1) is 5.69 Å². The lowest BCUT2D eigenvalue weighted by molar-refractivity contribution is 0.309. The van der Waals surface area contributed by atoms with Crippen LogP contribution >= 0.6 is 0 Å². The largest absolute Gasteiger partial charge is 0.316 e. The normalized spacial score (nSPS) is 26.7. The lowest BCUT2D eigenvalue weighted by atomic mass is 9.91. The first kappa shape index (κ1) is 10.3. The molecule has 1 saturated heterocycles. The third kappa shape index (κ3) is 1.76. The Bertz CT molecular complexity index is 365. The van der Waals surface area contributed by atoms with Crippen molar-refractivity contribution in [3.8, 4) is 0 Å². The Kier molecular flexibility index (Phi) is 2.69. The van der Waals surface area contributed by atoms with Gasteiger partial charge in [-0.05, 0) is 26.4 Å².